The monoisotopic (exact) mass is 322 g/mol. The number of nitrogens with zero attached hydrogens (tertiary/aromatic N) is 4. The molecule has 0 aliphatic heterocycles. The quantitative estimate of drug-likeness (QED) is 0.691. The summed E-state index contributed by atoms with van der Waals surface area (Å²) < 4.78 is 15.6. The van der Waals surface area contributed by atoms with Crippen molar-refractivity contribution >= 4 is 6.29 Å². The van der Waals surface area contributed by atoms with Crippen LogP contribution in [0.3, 0.4) is 0 Å². The molecule has 5 nitrogen and oxygen atoms in total. The maximum Gasteiger partial charge on any atom is 0.168 e. The lowest BCUT2D eigenvalue weighted by Crippen LogP contribution is -1.98. The highest BCUT2D eigenvalue weighted by atomic mass is 19.1. The van der Waals surface area contributed by atoms with E-state index >= 15 is 0 Å². The third kappa shape index (κ3) is 2.60. The lowest BCUT2D eigenvalue weighted by molar-refractivity contribution is 0.111. The highest BCUT2D eigenvalue weighted by Gasteiger charge is 2.26. The van der Waals surface area contributed by atoms with Gasteiger partial charge in [0.25, 0.3) is 0 Å². The Kier molecular flexibility index (Phi) is 3.45. The third-order valence-corrected chi connectivity index (χ3v) is 4.23. The lowest BCUT2D eigenvalue weighted by Gasteiger charge is -2.11. The van der Waals surface area contributed by atoms with Crippen LogP contribution in [0.5, 0.6) is 0 Å². The number of pyridine rings is 1. The average molecular weight is 322 g/mol. The molecular weight excluding hydrogens is 307 g/mol. The Morgan fingerprint density at radius 1 is 1.21 bits per heavy atom. The summed E-state index contributed by atoms with van der Waals surface area (Å²) >= 11 is 0. The zero-order valence-electron chi connectivity index (χ0n) is 13.1. The summed E-state index contributed by atoms with van der Waals surface area (Å²) in [4.78, 5) is 15.6. The van der Waals surface area contributed by atoms with Gasteiger partial charge >= 0.3 is 0 Å². The Morgan fingerprint density at radius 3 is 2.71 bits per heavy atom. The maximum absolute atomic E-state index is 13.8. The van der Waals surface area contributed by atoms with Gasteiger partial charge in [-0.3, -0.25) is 4.79 Å². The van der Waals surface area contributed by atoms with Crippen molar-refractivity contribution in [3.05, 3.63) is 53.9 Å². The molecule has 0 atom stereocenters. The average Bonchev–Trinajstić information content (AvgIpc) is 3.36. The van der Waals surface area contributed by atoms with Gasteiger partial charge in [0.15, 0.2) is 12.1 Å². The molecule has 0 bridgehead atoms. The van der Waals surface area contributed by atoms with E-state index in [4.69, 9.17) is 0 Å². The predicted molar refractivity (Wildman–Crippen MR) is 87.0 cm³/mol. The van der Waals surface area contributed by atoms with Crippen LogP contribution in [0.1, 0.15) is 34.9 Å². The molecule has 0 spiro atoms. The standard InChI is InChI=1S/C18H15FN4O/c1-23-10-20-22-18(23)16-8-13(19)4-5-15(16)12-6-14(9-24)21-17(7-12)11-2-3-11/h4-11H,2-3H2,1H3. The first kappa shape index (κ1) is 14.7. The van der Waals surface area contributed by atoms with Gasteiger partial charge in [-0.05, 0) is 48.2 Å². The fraction of sp³-hybridized carbons (Fsp3) is 0.222. The van der Waals surface area contributed by atoms with E-state index in [1.54, 1.807) is 23.0 Å². The number of rotatable bonds is 4. The first-order valence-corrected chi connectivity index (χ1v) is 7.77. The van der Waals surface area contributed by atoms with Crippen molar-refractivity contribution in [2.45, 2.75) is 18.8 Å². The number of aryl methyl sites for hydroxylation is 1. The van der Waals surface area contributed by atoms with Gasteiger partial charge in [0.2, 0.25) is 0 Å². The Labute approximate surface area is 138 Å². The molecule has 1 aliphatic carbocycles. The fourth-order valence-corrected chi connectivity index (χ4v) is 2.86. The van der Waals surface area contributed by atoms with Crippen molar-refractivity contribution < 1.29 is 9.18 Å². The van der Waals surface area contributed by atoms with Gasteiger partial charge < -0.3 is 4.57 Å². The molecule has 0 radical (unpaired) electrons. The molecule has 4 rings (SSSR count). The Bertz CT molecular complexity index is 931. The van der Waals surface area contributed by atoms with Crippen LogP contribution in [0.25, 0.3) is 22.5 Å². The molecule has 0 N–H and O–H groups in total. The highest BCUT2D eigenvalue weighted by Crippen LogP contribution is 2.41. The number of hydrogen-bond donors (Lipinski definition) is 0. The second kappa shape index (κ2) is 5.63. The van der Waals surface area contributed by atoms with Crippen LogP contribution in [-0.2, 0) is 7.05 Å². The summed E-state index contributed by atoms with van der Waals surface area (Å²) in [5.41, 5.74) is 3.59. The normalized spacial score (nSPS) is 13.9. The molecule has 6 heteroatoms. The molecule has 24 heavy (non-hydrogen) atoms. The molecule has 1 saturated carbocycles. The van der Waals surface area contributed by atoms with Crippen LogP contribution in [0.15, 0.2) is 36.7 Å². The van der Waals surface area contributed by atoms with E-state index in [0.717, 1.165) is 35.9 Å². The number of aromatic nitrogens is 4. The number of carbonyl (C=O) groups excluding carboxylic acids is 1. The summed E-state index contributed by atoms with van der Waals surface area (Å²) in [5.74, 6) is 0.646. The highest BCUT2D eigenvalue weighted by molar-refractivity contribution is 5.84. The number of benzene rings is 1. The second-order valence-corrected chi connectivity index (χ2v) is 6.05. The van der Waals surface area contributed by atoms with Gasteiger partial charge in [-0.2, -0.15) is 0 Å². The largest absolute Gasteiger partial charge is 0.317 e. The molecule has 2 heterocycles. The van der Waals surface area contributed by atoms with Gasteiger partial charge in [-0.25, -0.2) is 9.37 Å². The van der Waals surface area contributed by atoms with E-state index in [1.165, 1.54) is 12.1 Å². The minimum Gasteiger partial charge on any atom is -0.317 e. The summed E-state index contributed by atoms with van der Waals surface area (Å²) in [6.07, 6.45) is 4.51. The van der Waals surface area contributed by atoms with E-state index in [1.807, 2.05) is 13.1 Å². The number of carbonyl (C=O) groups is 1. The Morgan fingerprint density at radius 2 is 2.04 bits per heavy atom. The molecular formula is C18H15FN4O. The number of aldehydes is 1. The van der Waals surface area contributed by atoms with Crippen molar-refractivity contribution in [1.29, 1.82) is 0 Å². The molecule has 120 valence electrons. The van der Waals surface area contributed by atoms with Crippen LogP contribution in [-0.4, -0.2) is 26.0 Å². The minimum absolute atomic E-state index is 0.344. The van der Waals surface area contributed by atoms with Gasteiger partial charge in [0, 0.05) is 24.2 Å². The zero-order chi connectivity index (χ0) is 16.7. The molecule has 0 amide bonds. The van der Waals surface area contributed by atoms with Crippen LogP contribution < -0.4 is 0 Å². The van der Waals surface area contributed by atoms with Crippen LogP contribution in [0.2, 0.25) is 0 Å². The topological polar surface area (TPSA) is 60.7 Å². The van der Waals surface area contributed by atoms with Crippen LogP contribution in [0, 0.1) is 5.82 Å². The Hall–Kier alpha value is -2.89. The smallest absolute Gasteiger partial charge is 0.168 e. The van der Waals surface area contributed by atoms with E-state index in [-0.39, 0.29) is 5.82 Å². The molecule has 2 aromatic heterocycles. The van der Waals surface area contributed by atoms with Gasteiger partial charge in [-0.15, -0.1) is 10.2 Å². The maximum atomic E-state index is 13.8. The van der Waals surface area contributed by atoms with Crippen LogP contribution in [0.4, 0.5) is 4.39 Å². The van der Waals surface area contributed by atoms with Crippen molar-refractivity contribution in [3.8, 4) is 22.5 Å². The van der Waals surface area contributed by atoms with Crippen LogP contribution >= 0.6 is 0 Å². The summed E-state index contributed by atoms with van der Waals surface area (Å²) in [6, 6.07) is 8.27. The molecule has 1 fully saturated rings. The van der Waals surface area contributed by atoms with Crippen molar-refractivity contribution in [3.63, 3.8) is 0 Å². The van der Waals surface area contributed by atoms with Crippen molar-refractivity contribution in [2.75, 3.05) is 0 Å². The van der Waals surface area contributed by atoms with E-state index in [9.17, 15) is 9.18 Å². The van der Waals surface area contributed by atoms with Crippen molar-refractivity contribution in [2.24, 2.45) is 7.05 Å². The fourth-order valence-electron chi connectivity index (χ4n) is 2.86. The molecule has 1 aliphatic rings. The summed E-state index contributed by atoms with van der Waals surface area (Å²) in [5, 5.41) is 7.96. The molecule has 3 aromatic rings. The third-order valence-electron chi connectivity index (χ3n) is 4.23. The number of hydrogen-bond acceptors (Lipinski definition) is 4. The van der Waals surface area contributed by atoms with Gasteiger partial charge in [0.05, 0.1) is 0 Å². The van der Waals surface area contributed by atoms with Gasteiger partial charge in [0.1, 0.15) is 17.8 Å². The first-order chi connectivity index (χ1) is 11.7. The summed E-state index contributed by atoms with van der Waals surface area (Å²) in [6.45, 7) is 0. The zero-order valence-corrected chi connectivity index (χ0v) is 13.1. The van der Waals surface area contributed by atoms with E-state index in [0.29, 0.717) is 23.0 Å². The molecule has 0 saturated heterocycles. The SMILES string of the molecule is Cn1cnnc1-c1cc(F)ccc1-c1cc(C=O)nc(C2CC2)c1. The molecule has 1 aromatic carbocycles. The molecule has 0 unspecified atom stereocenters. The lowest BCUT2D eigenvalue weighted by atomic mass is 9.97. The van der Waals surface area contributed by atoms with E-state index in [2.05, 4.69) is 15.2 Å². The van der Waals surface area contributed by atoms with E-state index < -0.39 is 0 Å². The number of halogens is 1. The van der Waals surface area contributed by atoms with Crippen molar-refractivity contribution in [1.82, 2.24) is 19.7 Å². The predicted octanol–water partition coefficient (Wildman–Crippen LogP) is 3.37. The van der Waals surface area contributed by atoms with Gasteiger partial charge in [-0.1, -0.05) is 6.07 Å². The summed E-state index contributed by atoms with van der Waals surface area (Å²) in [7, 11) is 1.81. The minimum atomic E-state index is -0.344. The second-order valence-electron chi connectivity index (χ2n) is 6.05. The first-order valence-electron chi connectivity index (χ1n) is 7.77. The Balaban J connectivity index is 1.92.